The Bertz CT molecular complexity index is 471. The summed E-state index contributed by atoms with van der Waals surface area (Å²) in [5.41, 5.74) is 1.33. The Balaban J connectivity index is 1.63. The van der Waals surface area contributed by atoms with Gasteiger partial charge in [-0.1, -0.05) is 0 Å². The van der Waals surface area contributed by atoms with Gasteiger partial charge in [0, 0.05) is 37.5 Å². The molecule has 2 atom stereocenters. The maximum Gasteiger partial charge on any atom is 0.105 e. The zero-order valence-corrected chi connectivity index (χ0v) is 13.4. The van der Waals surface area contributed by atoms with Crippen LogP contribution in [0.1, 0.15) is 55.7 Å². The smallest absolute Gasteiger partial charge is 0.105 e. The van der Waals surface area contributed by atoms with Gasteiger partial charge in [-0.25, -0.2) is 0 Å². The molecule has 1 N–H and O–H groups in total. The zero-order chi connectivity index (χ0) is 14.9. The first-order valence-corrected chi connectivity index (χ1v) is 8.13. The molecule has 2 saturated heterocycles. The molecule has 3 rings (SSSR count). The van der Waals surface area contributed by atoms with E-state index >= 15 is 0 Å². The largest absolute Gasteiger partial charge is 0.466 e. The molecule has 4 heteroatoms. The highest BCUT2D eigenvalue weighted by Crippen LogP contribution is 2.35. The van der Waals surface area contributed by atoms with Crippen molar-refractivity contribution in [3.63, 3.8) is 0 Å². The maximum atomic E-state index is 6.11. The molecule has 4 nitrogen and oxygen atoms in total. The molecule has 0 radical (unpaired) electrons. The highest BCUT2D eigenvalue weighted by atomic mass is 16.5. The molecule has 1 aromatic heterocycles. The molecule has 118 valence electrons. The van der Waals surface area contributed by atoms with Crippen LogP contribution in [0.2, 0.25) is 0 Å². The summed E-state index contributed by atoms with van der Waals surface area (Å²) in [5, 5.41) is 3.78. The molecular weight excluding hydrogens is 266 g/mol. The summed E-state index contributed by atoms with van der Waals surface area (Å²) in [6.07, 6.45) is 4.24. The molecule has 0 aliphatic carbocycles. The van der Waals surface area contributed by atoms with Crippen LogP contribution in [-0.4, -0.2) is 31.5 Å². The van der Waals surface area contributed by atoms with E-state index in [2.05, 4.69) is 18.3 Å². The normalized spacial score (nSPS) is 26.9. The molecule has 0 amide bonds. The lowest BCUT2D eigenvalue weighted by molar-refractivity contribution is -0.140. The third-order valence-electron chi connectivity index (χ3n) is 4.93. The van der Waals surface area contributed by atoms with Gasteiger partial charge in [0.1, 0.15) is 11.5 Å². The van der Waals surface area contributed by atoms with Crippen molar-refractivity contribution in [3.05, 3.63) is 23.2 Å². The van der Waals surface area contributed by atoms with Crippen molar-refractivity contribution in [1.29, 1.82) is 0 Å². The van der Waals surface area contributed by atoms with Gasteiger partial charge >= 0.3 is 0 Å². The average molecular weight is 293 g/mol. The van der Waals surface area contributed by atoms with E-state index in [1.807, 2.05) is 13.8 Å². The number of ether oxygens (including phenoxy) is 2. The van der Waals surface area contributed by atoms with Gasteiger partial charge < -0.3 is 19.2 Å². The van der Waals surface area contributed by atoms with Crippen molar-refractivity contribution in [2.75, 3.05) is 19.8 Å². The average Bonchev–Trinajstić information content (AvgIpc) is 2.79. The number of hydrogen-bond acceptors (Lipinski definition) is 4. The number of aryl methyl sites for hydroxylation is 2. The first-order chi connectivity index (χ1) is 10.1. The van der Waals surface area contributed by atoms with Crippen LogP contribution in [0.25, 0.3) is 0 Å². The van der Waals surface area contributed by atoms with E-state index in [0.717, 1.165) is 57.0 Å². The van der Waals surface area contributed by atoms with Crippen LogP contribution in [0.3, 0.4) is 0 Å². The van der Waals surface area contributed by atoms with Gasteiger partial charge in [0.25, 0.3) is 0 Å². The second-order valence-electron chi connectivity index (χ2n) is 6.59. The van der Waals surface area contributed by atoms with Crippen LogP contribution in [0.15, 0.2) is 10.5 Å². The topological polar surface area (TPSA) is 43.6 Å². The van der Waals surface area contributed by atoms with Crippen molar-refractivity contribution >= 4 is 0 Å². The van der Waals surface area contributed by atoms with Gasteiger partial charge in [-0.2, -0.15) is 0 Å². The summed E-state index contributed by atoms with van der Waals surface area (Å²) >= 11 is 0. The van der Waals surface area contributed by atoms with E-state index in [9.17, 15) is 0 Å². The van der Waals surface area contributed by atoms with Gasteiger partial charge in [-0.15, -0.1) is 0 Å². The molecule has 1 aromatic rings. The second kappa shape index (κ2) is 6.11. The van der Waals surface area contributed by atoms with Gasteiger partial charge in [0.05, 0.1) is 5.60 Å². The standard InChI is InChI=1S/C17H27NO3/c1-12-10-16(14(3)21-12)13(2)18-15-4-7-20-17(11-15)5-8-19-9-6-17/h10,13,15,18H,4-9,11H2,1-3H3. The summed E-state index contributed by atoms with van der Waals surface area (Å²) in [7, 11) is 0. The van der Waals surface area contributed by atoms with Gasteiger partial charge in [-0.05, 0) is 52.5 Å². The second-order valence-corrected chi connectivity index (χ2v) is 6.59. The molecule has 21 heavy (non-hydrogen) atoms. The van der Waals surface area contributed by atoms with E-state index < -0.39 is 0 Å². The van der Waals surface area contributed by atoms with Crippen LogP contribution in [0, 0.1) is 13.8 Å². The van der Waals surface area contributed by atoms with Crippen LogP contribution < -0.4 is 5.32 Å². The number of rotatable bonds is 3. The van der Waals surface area contributed by atoms with E-state index in [0.29, 0.717) is 12.1 Å². The van der Waals surface area contributed by atoms with Crippen molar-refractivity contribution in [2.24, 2.45) is 0 Å². The molecule has 0 bridgehead atoms. The predicted molar refractivity (Wildman–Crippen MR) is 81.5 cm³/mol. The quantitative estimate of drug-likeness (QED) is 0.929. The molecule has 0 aromatic carbocycles. The molecule has 2 aliphatic heterocycles. The first-order valence-electron chi connectivity index (χ1n) is 8.13. The Morgan fingerprint density at radius 2 is 2.00 bits per heavy atom. The molecule has 2 unspecified atom stereocenters. The lowest BCUT2D eigenvalue weighted by Crippen LogP contribution is -2.50. The minimum absolute atomic E-state index is 0.0508. The van der Waals surface area contributed by atoms with E-state index in [-0.39, 0.29) is 5.60 Å². The molecule has 2 fully saturated rings. The minimum Gasteiger partial charge on any atom is -0.466 e. The van der Waals surface area contributed by atoms with Gasteiger partial charge in [-0.3, -0.25) is 0 Å². The molecule has 3 heterocycles. The molecule has 1 spiro atoms. The van der Waals surface area contributed by atoms with E-state index in [4.69, 9.17) is 13.9 Å². The molecule has 2 aliphatic rings. The van der Waals surface area contributed by atoms with Crippen LogP contribution in [0.4, 0.5) is 0 Å². The Morgan fingerprint density at radius 1 is 1.24 bits per heavy atom. The Kier molecular flexibility index (Phi) is 4.38. The van der Waals surface area contributed by atoms with Crippen LogP contribution in [0.5, 0.6) is 0 Å². The lowest BCUT2D eigenvalue weighted by Gasteiger charge is -2.44. The first kappa shape index (κ1) is 15.1. The minimum atomic E-state index is 0.0508. The van der Waals surface area contributed by atoms with E-state index in [1.165, 1.54) is 5.56 Å². The Labute approximate surface area is 127 Å². The summed E-state index contributed by atoms with van der Waals surface area (Å²) < 4.78 is 17.3. The van der Waals surface area contributed by atoms with Crippen molar-refractivity contribution in [2.45, 2.75) is 64.1 Å². The summed E-state index contributed by atoms with van der Waals surface area (Å²) in [5.74, 6) is 2.02. The van der Waals surface area contributed by atoms with Crippen LogP contribution >= 0.6 is 0 Å². The fraction of sp³-hybridized carbons (Fsp3) is 0.765. The monoisotopic (exact) mass is 293 g/mol. The van der Waals surface area contributed by atoms with Crippen LogP contribution in [-0.2, 0) is 9.47 Å². The zero-order valence-electron chi connectivity index (χ0n) is 13.4. The SMILES string of the molecule is Cc1cc(C(C)NC2CCOC3(CCOCC3)C2)c(C)o1. The number of hydrogen-bond donors (Lipinski definition) is 1. The maximum absolute atomic E-state index is 6.11. The highest BCUT2D eigenvalue weighted by Gasteiger charge is 2.39. The summed E-state index contributed by atoms with van der Waals surface area (Å²) in [6.45, 7) is 8.81. The Hall–Kier alpha value is -0.840. The van der Waals surface area contributed by atoms with Crippen molar-refractivity contribution in [3.8, 4) is 0 Å². The number of furan rings is 1. The van der Waals surface area contributed by atoms with Crippen molar-refractivity contribution in [1.82, 2.24) is 5.32 Å². The number of nitrogens with one attached hydrogen (secondary N) is 1. The molecular formula is C17H27NO3. The summed E-state index contributed by atoms with van der Waals surface area (Å²) in [6, 6.07) is 2.99. The fourth-order valence-electron chi connectivity index (χ4n) is 3.79. The lowest BCUT2D eigenvalue weighted by atomic mass is 9.83. The highest BCUT2D eigenvalue weighted by molar-refractivity contribution is 5.23. The van der Waals surface area contributed by atoms with Crippen molar-refractivity contribution < 1.29 is 13.9 Å². The third kappa shape index (κ3) is 3.33. The van der Waals surface area contributed by atoms with Gasteiger partial charge in [0.2, 0.25) is 0 Å². The third-order valence-corrected chi connectivity index (χ3v) is 4.93. The fourth-order valence-corrected chi connectivity index (χ4v) is 3.79. The summed E-state index contributed by atoms with van der Waals surface area (Å²) in [4.78, 5) is 0. The van der Waals surface area contributed by atoms with E-state index in [1.54, 1.807) is 0 Å². The van der Waals surface area contributed by atoms with Gasteiger partial charge in [0.15, 0.2) is 0 Å². The Morgan fingerprint density at radius 3 is 2.67 bits per heavy atom. The predicted octanol–water partition coefficient (Wildman–Crippen LogP) is 3.28. The molecule has 0 saturated carbocycles.